The molecule has 0 spiro atoms. The highest BCUT2D eigenvalue weighted by Gasteiger charge is 2.25. The number of rotatable bonds is 1. The topological polar surface area (TPSA) is 28.2 Å². The normalized spacial score (nSPS) is 19.8. The van der Waals surface area contributed by atoms with Gasteiger partial charge in [-0.3, -0.25) is 0 Å². The van der Waals surface area contributed by atoms with Crippen molar-refractivity contribution < 1.29 is 0 Å². The third-order valence-electron chi connectivity index (χ3n) is 3.25. The van der Waals surface area contributed by atoms with E-state index >= 15 is 0 Å². The standard InChI is InChI=1S/C13H17N3S/c1-13(2)8-16(6-5-15-13)10-3-4-11-12(7-10)17-9-14-11/h3-4,7,9,15H,5-6,8H2,1-2H3. The number of fused-ring (bicyclic) bond motifs is 1. The molecule has 1 aliphatic heterocycles. The van der Waals surface area contributed by atoms with Crippen LogP contribution in [0.1, 0.15) is 13.8 Å². The van der Waals surface area contributed by atoms with Crippen molar-refractivity contribution in [2.75, 3.05) is 24.5 Å². The Labute approximate surface area is 105 Å². The smallest absolute Gasteiger partial charge is 0.0813 e. The monoisotopic (exact) mass is 247 g/mol. The molecule has 1 aromatic carbocycles. The van der Waals surface area contributed by atoms with Crippen LogP contribution in [0.2, 0.25) is 0 Å². The number of aromatic nitrogens is 1. The summed E-state index contributed by atoms with van der Waals surface area (Å²) >= 11 is 1.71. The number of thiazole rings is 1. The maximum atomic E-state index is 4.32. The molecule has 0 aliphatic carbocycles. The molecule has 2 aromatic rings. The minimum atomic E-state index is 0.195. The maximum absolute atomic E-state index is 4.32. The molecule has 1 aromatic heterocycles. The number of hydrogen-bond acceptors (Lipinski definition) is 4. The number of hydrogen-bond donors (Lipinski definition) is 1. The Morgan fingerprint density at radius 2 is 2.29 bits per heavy atom. The van der Waals surface area contributed by atoms with Gasteiger partial charge in [-0.1, -0.05) is 0 Å². The second-order valence-corrected chi connectivity index (χ2v) is 6.12. The van der Waals surface area contributed by atoms with Crippen molar-refractivity contribution in [1.29, 1.82) is 0 Å². The van der Waals surface area contributed by atoms with Crippen LogP contribution >= 0.6 is 11.3 Å². The van der Waals surface area contributed by atoms with E-state index < -0.39 is 0 Å². The van der Waals surface area contributed by atoms with Gasteiger partial charge in [-0.2, -0.15) is 0 Å². The van der Waals surface area contributed by atoms with E-state index in [4.69, 9.17) is 0 Å². The molecule has 3 nitrogen and oxygen atoms in total. The van der Waals surface area contributed by atoms with Gasteiger partial charge in [0.2, 0.25) is 0 Å². The predicted molar refractivity (Wildman–Crippen MR) is 73.9 cm³/mol. The molecule has 1 fully saturated rings. The lowest BCUT2D eigenvalue weighted by Gasteiger charge is -2.40. The zero-order valence-corrected chi connectivity index (χ0v) is 11.0. The van der Waals surface area contributed by atoms with Gasteiger partial charge in [-0.25, -0.2) is 4.98 Å². The molecule has 17 heavy (non-hydrogen) atoms. The molecule has 0 saturated carbocycles. The van der Waals surface area contributed by atoms with E-state index in [2.05, 4.69) is 47.2 Å². The van der Waals surface area contributed by atoms with Gasteiger partial charge in [-0.05, 0) is 32.0 Å². The zero-order valence-electron chi connectivity index (χ0n) is 10.2. The van der Waals surface area contributed by atoms with Gasteiger partial charge in [0.1, 0.15) is 0 Å². The van der Waals surface area contributed by atoms with Crippen LogP contribution in [-0.2, 0) is 0 Å². The fourth-order valence-corrected chi connectivity index (χ4v) is 3.11. The first-order valence-corrected chi connectivity index (χ1v) is 6.85. The van der Waals surface area contributed by atoms with Gasteiger partial charge in [-0.15, -0.1) is 11.3 Å². The minimum absolute atomic E-state index is 0.195. The largest absolute Gasteiger partial charge is 0.368 e. The van der Waals surface area contributed by atoms with Gasteiger partial charge in [0.05, 0.1) is 15.7 Å². The Bertz CT molecular complexity index is 532. The van der Waals surface area contributed by atoms with Crippen LogP contribution < -0.4 is 10.2 Å². The van der Waals surface area contributed by atoms with E-state index in [1.54, 1.807) is 11.3 Å². The van der Waals surface area contributed by atoms with Crippen LogP contribution in [0.5, 0.6) is 0 Å². The van der Waals surface area contributed by atoms with Gasteiger partial charge in [0.15, 0.2) is 0 Å². The van der Waals surface area contributed by atoms with Crippen LogP contribution in [0, 0.1) is 0 Å². The second kappa shape index (κ2) is 3.96. The van der Waals surface area contributed by atoms with E-state index in [9.17, 15) is 0 Å². The molecule has 1 saturated heterocycles. The third-order valence-corrected chi connectivity index (χ3v) is 4.04. The average molecular weight is 247 g/mol. The summed E-state index contributed by atoms with van der Waals surface area (Å²) < 4.78 is 1.28. The quantitative estimate of drug-likeness (QED) is 0.839. The summed E-state index contributed by atoms with van der Waals surface area (Å²) in [4.78, 5) is 6.78. The Morgan fingerprint density at radius 3 is 3.12 bits per heavy atom. The molecular weight excluding hydrogens is 230 g/mol. The van der Waals surface area contributed by atoms with Crippen LogP contribution in [0.3, 0.4) is 0 Å². The Balaban J connectivity index is 1.92. The van der Waals surface area contributed by atoms with Gasteiger partial charge in [0.25, 0.3) is 0 Å². The van der Waals surface area contributed by atoms with Crippen LogP contribution in [0.25, 0.3) is 10.2 Å². The minimum Gasteiger partial charge on any atom is -0.368 e. The van der Waals surface area contributed by atoms with Crippen molar-refractivity contribution in [2.45, 2.75) is 19.4 Å². The summed E-state index contributed by atoms with van der Waals surface area (Å²) in [5.74, 6) is 0. The zero-order chi connectivity index (χ0) is 11.9. The van der Waals surface area contributed by atoms with Crippen molar-refractivity contribution in [1.82, 2.24) is 10.3 Å². The van der Waals surface area contributed by atoms with Crippen molar-refractivity contribution in [3.05, 3.63) is 23.7 Å². The number of anilines is 1. The first kappa shape index (κ1) is 11.0. The van der Waals surface area contributed by atoms with E-state index in [-0.39, 0.29) is 5.54 Å². The molecule has 1 N–H and O–H groups in total. The summed E-state index contributed by atoms with van der Waals surface area (Å²) in [5.41, 5.74) is 4.53. The lowest BCUT2D eigenvalue weighted by molar-refractivity contribution is 0.353. The third kappa shape index (κ3) is 2.15. The van der Waals surface area contributed by atoms with Crippen molar-refractivity contribution in [2.24, 2.45) is 0 Å². The van der Waals surface area contributed by atoms with Gasteiger partial charge < -0.3 is 10.2 Å². The summed E-state index contributed by atoms with van der Waals surface area (Å²) in [5, 5.41) is 3.54. The molecule has 0 radical (unpaired) electrons. The molecular formula is C13H17N3S. The van der Waals surface area contributed by atoms with Crippen LogP contribution in [-0.4, -0.2) is 30.2 Å². The summed E-state index contributed by atoms with van der Waals surface area (Å²) in [6, 6.07) is 6.56. The molecule has 4 heteroatoms. The Morgan fingerprint density at radius 1 is 1.41 bits per heavy atom. The first-order valence-electron chi connectivity index (χ1n) is 5.97. The van der Waals surface area contributed by atoms with Gasteiger partial charge in [0, 0.05) is 30.9 Å². The van der Waals surface area contributed by atoms with Crippen LogP contribution in [0.4, 0.5) is 5.69 Å². The molecule has 2 heterocycles. The number of nitrogens with one attached hydrogen (secondary N) is 1. The summed E-state index contributed by atoms with van der Waals surface area (Å²) in [7, 11) is 0. The first-order chi connectivity index (χ1) is 8.14. The highest BCUT2D eigenvalue weighted by molar-refractivity contribution is 7.16. The number of piperazine rings is 1. The van der Waals surface area contributed by atoms with Crippen LogP contribution in [0.15, 0.2) is 23.7 Å². The summed E-state index contributed by atoms with van der Waals surface area (Å²) in [6.45, 7) is 7.69. The van der Waals surface area contributed by atoms with Gasteiger partial charge >= 0.3 is 0 Å². The van der Waals surface area contributed by atoms with Crippen molar-refractivity contribution in [3.8, 4) is 0 Å². The van der Waals surface area contributed by atoms with Crippen molar-refractivity contribution in [3.63, 3.8) is 0 Å². The fraction of sp³-hybridized carbons (Fsp3) is 0.462. The lowest BCUT2D eigenvalue weighted by atomic mass is 10.0. The molecule has 0 amide bonds. The highest BCUT2D eigenvalue weighted by Crippen LogP contribution is 2.26. The Kier molecular flexibility index (Phi) is 2.56. The summed E-state index contributed by atoms with van der Waals surface area (Å²) in [6.07, 6.45) is 0. The number of nitrogens with zero attached hydrogens (tertiary/aromatic N) is 2. The Hall–Kier alpha value is -1.13. The number of benzene rings is 1. The van der Waals surface area contributed by atoms with Crippen molar-refractivity contribution >= 4 is 27.2 Å². The fourth-order valence-electron chi connectivity index (χ4n) is 2.40. The lowest BCUT2D eigenvalue weighted by Crippen LogP contribution is -2.57. The average Bonchev–Trinajstić information content (AvgIpc) is 2.74. The van der Waals surface area contributed by atoms with E-state index in [1.165, 1.54) is 10.4 Å². The molecule has 0 atom stereocenters. The predicted octanol–water partition coefficient (Wildman–Crippen LogP) is 2.48. The molecule has 0 unspecified atom stereocenters. The second-order valence-electron chi connectivity index (χ2n) is 5.24. The SMILES string of the molecule is CC1(C)CN(c2ccc3ncsc3c2)CCN1. The molecule has 3 rings (SSSR count). The highest BCUT2D eigenvalue weighted by atomic mass is 32.1. The van der Waals surface area contributed by atoms with E-state index in [0.29, 0.717) is 0 Å². The molecule has 1 aliphatic rings. The molecule has 0 bridgehead atoms. The van der Waals surface area contributed by atoms with E-state index in [1.807, 2.05) is 5.51 Å². The molecule has 90 valence electrons. The van der Waals surface area contributed by atoms with E-state index in [0.717, 1.165) is 25.2 Å². The maximum Gasteiger partial charge on any atom is 0.0813 e.